The van der Waals surface area contributed by atoms with Crippen molar-refractivity contribution in [2.24, 2.45) is 0 Å². The van der Waals surface area contributed by atoms with Gasteiger partial charge in [-0.25, -0.2) is 0 Å². The van der Waals surface area contributed by atoms with E-state index in [0.717, 1.165) is 22.5 Å². The maximum atomic E-state index is 4.75. The van der Waals surface area contributed by atoms with Crippen molar-refractivity contribution in [3.05, 3.63) is 197 Å². The lowest BCUT2D eigenvalue weighted by Gasteiger charge is -2.51. The largest absolute Gasteiger partial charge is 0.309 e. The van der Waals surface area contributed by atoms with Gasteiger partial charge in [0.05, 0.1) is 28.5 Å². The summed E-state index contributed by atoms with van der Waals surface area (Å²) in [5.74, 6) is 0. The van der Waals surface area contributed by atoms with E-state index in [2.05, 4.69) is 158 Å². The zero-order valence-corrected chi connectivity index (χ0v) is 26.4. The standard InChI is InChI=1S/C44H33N3/c1-43(32-14-5-3-6-15-32)34-24-22-30(38-20-9-11-26-45-38)28-40(34)47-41-29-31(39-21-10-12-27-46-39)23-25-35(41)44(2,33-16-7-4-8-17-33)37-19-13-18-36(43)42(37)47/h3-29H,1-2H3. The maximum absolute atomic E-state index is 4.75. The van der Waals surface area contributed by atoms with Gasteiger partial charge in [-0.15, -0.1) is 0 Å². The molecule has 47 heavy (non-hydrogen) atoms. The molecule has 0 radical (unpaired) electrons. The molecule has 0 spiro atoms. The molecule has 9 rings (SSSR count). The van der Waals surface area contributed by atoms with E-state index in [9.17, 15) is 0 Å². The minimum atomic E-state index is -0.394. The first-order chi connectivity index (χ1) is 23.1. The Bertz CT molecular complexity index is 2110. The highest BCUT2D eigenvalue weighted by molar-refractivity contribution is 5.96. The SMILES string of the molecule is CC1(c2ccccc2)c2ccc(-c3ccccn3)cc2N2c3cc(-c4ccccn4)ccc3C(C)(c3ccccc3)c3cccc1c32. The summed E-state index contributed by atoms with van der Waals surface area (Å²) in [5.41, 5.74) is 14.6. The number of anilines is 3. The topological polar surface area (TPSA) is 29.0 Å². The van der Waals surface area contributed by atoms with E-state index < -0.39 is 10.8 Å². The van der Waals surface area contributed by atoms with Gasteiger partial charge in [-0.1, -0.05) is 115 Å². The van der Waals surface area contributed by atoms with Gasteiger partial charge >= 0.3 is 0 Å². The van der Waals surface area contributed by atoms with E-state index >= 15 is 0 Å². The third-order valence-electron chi connectivity index (χ3n) is 10.5. The Labute approximate surface area is 275 Å². The van der Waals surface area contributed by atoms with E-state index in [1.165, 1.54) is 50.4 Å². The molecule has 0 saturated carbocycles. The second-order valence-electron chi connectivity index (χ2n) is 12.9. The molecular weight excluding hydrogens is 571 g/mol. The molecule has 4 heterocycles. The fourth-order valence-electron chi connectivity index (χ4n) is 8.08. The molecule has 3 heteroatoms. The molecule has 0 saturated heterocycles. The average molecular weight is 604 g/mol. The van der Waals surface area contributed by atoms with Crippen LogP contribution >= 0.6 is 0 Å². The Morgan fingerprint density at radius 3 is 1.30 bits per heavy atom. The quantitative estimate of drug-likeness (QED) is 0.200. The number of fused-ring (bicyclic) bond motifs is 4. The predicted octanol–water partition coefficient (Wildman–Crippen LogP) is 10.6. The van der Waals surface area contributed by atoms with Crippen LogP contribution in [0.5, 0.6) is 0 Å². The molecule has 3 nitrogen and oxygen atoms in total. The second-order valence-corrected chi connectivity index (χ2v) is 12.9. The number of pyridine rings is 2. The van der Waals surface area contributed by atoms with Crippen LogP contribution in [0.25, 0.3) is 22.5 Å². The van der Waals surface area contributed by atoms with Crippen molar-refractivity contribution in [3.8, 4) is 22.5 Å². The van der Waals surface area contributed by atoms with Gasteiger partial charge in [0.2, 0.25) is 0 Å². The minimum Gasteiger partial charge on any atom is -0.309 e. The number of hydrogen-bond donors (Lipinski definition) is 0. The number of benzene rings is 5. The summed E-state index contributed by atoms with van der Waals surface area (Å²) in [6.07, 6.45) is 3.74. The van der Waals surface area contributed by atoms with Crippen LogP contribution in [0.4, 0.5) is 17.1 Å². The molecule has 5 aromatic carbocycles. The van der Waals surface area contributed by atoms with E-state index in [4.69, 9.17) is 9.97 Å². The van der Waals surface area contributed by atoms with Gasteiger partial charge in [0.15, 0.2) is 0 Å². The van der Waals surface area contributed by atoms with E-state index in [1.54, 1.807) is 0 Å². The van der Waals surface area contributed by atoms with Crippen LogP contribution in [0, 0.1) is 0 Å². The van der Waals surface area contributed by atoms with Crippen molar-refractivity contribution in [2.45, 2.75) is 24.7 Å². The van der Waals surface area contributed by atoms with Crippen LogP contribution in [0.2, 0.25) is 0 Å². The average Bonchev–Trinajstić information content (AvgIpc) is 3.15. The highest BCUT2D eigenvalue weighted by Crippen LogP contribution is 2.63. The summed E-state index contributed by atoms with van der Waals surface area (Å²) in [6, 6.07) is 55.0. The van der Waals surface area contributed by atoms with Gasteiger partial charge in [-0.3, -0.25) is 9.97 Å². The molecule has 2 aliphatic heterocycles. The van der Waals surface area contributed by atoms with Crippen LogP contribution in [-0.2, 0) is 10.8 Å². The first-order valence-electron chi connectivity index (χ1n) is 16.3. The smallest absolute Gasteiger partial charge is 0.0702 e. The number of aromatic nitrogens is 2. The second kappa shape index (κ2) is 10.4. The Morgan fingerprint density at radius 1 is 0.426 bits per heavy atom. The van der Waals surface area contributed by atoms with Gasteiger partial charge in [0, 0.05) is 34.4 Å². The number of para-hydroxylation sites is 1. The number of rotatable bonds is 4. The summed E-state index contributed by atoms with van der Waals surface area (Å²) in [5, 5.41) is 0. The van der Waals surface area contributed by atoms with Gasteiger partial charge in [0.25, 0.3) is 0 Å². The number of nitrogens with zero attached hydrogens (tertiary/aromatic N) is 3. The predicted molar refractivity (Wildman–Crippen MR) is 192 cm³/mol. The Kier molecular flexibility index (Phi) is 6.07. The monoisotopic (exact) mass is 603 g/mol. The first kappa shape index (κ1) is 27.5. The molecule has 2 aromatic heterocycles. The lowest BCUT2D eigenvalue weighted by Crippen LogP contribution is -2.41. The molecule has 0 aliphatic carbocycles. The van der Waals surface area contributed by atoms with Crippen molar-refractivity contribution < 1.29 is 0 Å². The molecule has 2 unspecified atom stereocenters. The fraction of sp³-hybridized carbons (Fsp3) is 0.0909. The third kappa shape index (κ3) is 3.93. The summed E-state index contributed by atoms with van der Waals surface area (Å²) >= 11 is 0. The normalized spacial score (nSPS) is 19.0. The molecule has 224 valence electrons. The van der Waals surface area contributed by atoms with Gasteiger partial charge in [-0.05, 0) is 83.6 Å². The van der Waals surface area contributed by atoms with Crippen LogP contribution in [-0.4, -0.2) is 9.97 Å². The molecule has 7 aromatic rings. The maximum Gasteiger partial charge on any atom is 0.0702 e. The third-order valence-corrected chi connectivity index (χ3v) is 10.5. The highest BCUT2D eigenvalue weighted by atomic mass is 15.2. The highest BCUT2D eigenvalue weighted by Gasteiger charge is 2.49. The van der Waals surface area contributed by atoms with Crippen molar-refractivity contribution in [1.82, 2.24) is 9.97 Å². The van der Waals surface area contributed by atoms with Crippen LogP contribution in [0.1, 0.15) is 47.2 Å². The molecular formula is C44H33N3. The molecule has 0 N–H and O–H groups in total. The van der Waals surface area contributed by atoms with Gasteiger partial charge in [0.1, 0.15) is 0 Å². The summed E-state index contributed by atoms with van der Waals surface area (Å²) < 4.78 is 0. The number of hydrogen-bond acceptors (Lipinski definition) is 3. The van der Waals surface area contributed by atoms with E-state index in [-0.39, 0.29) is 0 Å². The zero-order valence-electron chi connectivity index (χ0n) is 26.4. The van der Waals surface area contributed by atoms with Crippen molar-refractivity contribution in [2.75, 3.05) is 4.90 Å². The Balaban J connectivity index is 1.42. The fourth-order valence-corrected chi connectivity index (χ4v) is 8.08. The molecule has 2 atom stereocenters. The van der Waals surface area contributed by atoms with Crippen LogP contribution < -0.4 is 4.90 Å². The Hall–Kier alpha value is -5.80. The van der Waals surface area contributed by atoms with Gasteiger partial charge < -0.3 is 4.90 Å². The summed E-state index contributed by atoms with van der Waals surface area (Å²) in [6.45, 7) is 4.79. The van der Waals surface area contributed by atoms with E-state index in [1.807, 2.05) is 24.5 Å². The molecule has 0 bridgehead atoms. The minimum absolute atomic E-state index is 0.394. The van der Waals surface area contributed by atoms with Crippen molar-refractivity contribution in [3.63, 3.8) is 0 Å². The van der Waals surface area contributed by atoms with Crippen LogP contribution in [0.3, 0.4) is 0 Å². The molecule has 0 amide bonds. The first-order valence-corrected chi connectivity index (χ1v) is 16.3. The van der Waals surface area contributed by atoms with Gasteiger partial charge in [-0.2, -0.15) is 0 Å². The Morgan fingerprint density at radius 2 is 0.872 bits per heavy atom. The molecule has 0 fully saturated rings. The van der Waals surface area contributed by atoms with Crippen molar-refractivity contribution in [1.29, 1.82) is 0 Å². The molecule has 2 aliphatic rings. The zero-order chi connectivity index (χ0) is 31.6. The summed E-state index contributed by atoms with van der Waals surface area (Å²) in [7, 11) is 0. The lowest BCUT2D eigenvalue weighted by molar-refractivity contribution is 0.643. The summed E-state index contributed by atoms with van der Waals surface area (Å²) in [4.78, 5) is 12.0. The van der Waals surface area contributed by atoms with Crippen molar-refractivity contribution >= 4 is 17.1 Å². The van der Waals surface area contributed by atoms with Crippen LogP contribution in [0.15, 0.2) is 164 Å². The van der Waals surface area contributed by atoms with E-state index in [0.29, 0.717) is 0 Å². The lowest BCUT2D eigenvalue weighted by atomic mass is 9.61.